The maximum absolute atomic E-state index is 6.36. The topological polar surface area (TPSA) is 26.3 Å². The van der Waals surface area contributed by atoms with Gasteiger partial charge in [-0.25, -0.2) is 0 Å². The van der Waals surface area contributed by atoms with Crippen molar-refractivity contribution in [3.63, 3.8) is 0 Å². The highest BCUT2D eigenvalue weighted by molar-refractivity contribution is 6.23. The lowest BCUT2D eigenvalue weighted by Crippen LogP contribution is -1.83. The molecule has 0 amide bonds. The van der Waals surface area contributed by atoms with Gasteiger partial charge < -0.3 is 8.83 Å². The molecular formula is C25H16O2. The average Bonchev–Trinajstić information content (AvgIpc) is 3.24. The number of para-hydroxylation sites is 2. The van der Waals surface area contributed by atoms with Crippen LogP contribution < -0.4 is 0 Å². The van der Waals surface area contributed by atoms with Crippen LogP contribution in [0.3, 0.4) is 0 Å². The molecule has 0 aliphatic rings. The Labute approximate surface area is 155 Å². The van der Waals surface area contributed by atoms with E-state index < -0.39 is 0 Å². The smallest absolute Gasteiger partial charge is 0.144 e. The first-order valence-electron chi connectivity index (χ1n) is 9.12. The van der Waals surface area contributed by atoms with Gasteiger partial charge in [-0.1, -0.05) is 66.2 Å². The Bertz CT molecular complexity index is 1470. The molecule has 2 heterocycles. The number of aryl methyl sites for hydroxylation is 1. The van der Waals surface area contributed by atoms with Crippen molar-refractivity contribution in [2.45, 2.75) is 6.92 Å². The molecule has 2 aromatic heterocycles. The van der Waals surface area contributed by atoms with E-state index >= 15 is 0 Å². The molecule has 4 aromatic carbocycles. The number of rotatable bonds is 1. The van der Waals surface area contributed by atoms with E-state index in [0.29, 0.717) is 0 Å². The second kappa shape index (κ2) is 5.24. The van der Waals surface area contributed by atoms with E-state index in [4.69, 9.17) is 8.83 Å². The molecule has 0 N–H and O–H groups in total. The molecule has 0 radical (unpaired) electrons. The number of benzene rings is 4. The van der Waals surface area contributed by atoms with Crippen LogP contribution in [0.4, 0.5) is 0 Å². The van der Waals surface area contributed by atoms with Crippen LogP contribution in [0.1, 0.15) is 5.56 Å². The van der Waals surface area contributed by atoms with Crippen LogP contribution in [0.2, 0.25) is 0 Å². The summed E-state index contributed by atoms with van der Waals surface area (Å²) in [6, 6.07) is 27.1. The van der Waals surface area contributed by atoms with Gasteiger partial charge in [-0.3, -0.25) is 0 Å². The zero-order valence-corrected chi connectivity index (χ0v) is 14.8. The lowest BCUT2D eigenvalue weighted by Gasteiger charge is -2.06. The SMILES string of the molecule is Cc1cccc(-c2c3oc4ccccc4c3cc3oc4ccccc4c23)c1. The monoisotopic (exact) mass is 348 g/mol. The Morgan fingerprint density at radius 2 is 1.33 bits per heavy atom. The van der Waals surface area contributed by atoms with Gasteiger partial charge in [0, 0.05) is 27.1 Å². The van der Waals surface area contributed by atoms with Gasteiger partial charge in [0.05, 0.1) is 0 Å². The highest BCUT2D eigenvalue weighted by Gasteiger charge is 2.20. The summed E-state index contributed by atoms with van der Waals surface area (Å²) in [6.45, 7) is 2.12. The molecule has 0 aliphatic heterocycles. The van der Waals surface area contributed by atoms with Gasteiger partial charge in [-0.05, 0) is 30.7 Å². The third-order valence-corrected chi connectivity index (χ3v) is 5.32. The molecule has 6 aromatic rings. The zero-order valence-electron chi connectivity index (χ0n) is 14.8. The first-order valence-corrected chi connectivity index (χ1v) is 9.12. The summed E-state index contributed by atoms with van der Waals surface area (Å²) in [7, 11) is 0. The third kappa shape index (κ3) is 2.01. The third-order valence-electron chi connectivity index (χ3n) is 5.32. The van der Waals surface area contributed by atoms with Gasteiger partial charge in [-0.2, -0.15) is 0 Å². The van der Waals surface area contributed by atoms with E-state index in [9.17, 15) is 0 Å². The molecule has 6 rings (SSSR count). The molecule has 0 saturated heterocycles. The van der Waals surface area contributed by atoms with E-state index in [1.165, 1.54) is 5.56 Å². The van der Waals surface area contributed by atoms with Crippen LogP contribution in [0.25, 0.3) is 55.0 Å². The Hall–Kier alpha value is -3.52. The van der Waals surface area contributed by atoms with E-state index in [1.54, 1.807) is 0 Å². The maximum atomic E-state index is 6.36. The van der Waals surface area contributed by atoms with Crippen LogP contribution in [-0.2, 0) is 0 Å². The van der Waals surface area contributed by atoms with Crippen molar-refractivity contribution < 1.29 is 8.83 Å². The Morgan fingerprint density at radius 1 is 0.593 bits per heavy atom. The second-order valence-electron chi connectivity index (χ2n) is 7.07. The molecule has 0 atom stereocenters. The highest BCUT2D eigenvalue weighted by Crippen LogP contribution is 2.44. The fraction of sp³-hybridized carbons (Fsp3) is 0.0400. The summed E-state index contributed by atoms with van der Waals surface area (Å²) in [5.41, 5.74) is 7.09. The summed E-state index contributed by atoms with van der Waals surface area (Å²) in [5, 5.41) is 4.44. The van der Waals surface area contributed by atoms with Crippen molar-refractivity contribution in [1.29, 1.82) is 0 Å². The minimum atomic E-state index is 0.895. The number of furan rings is 2. The van der Waals surface area contributed by atoms with Crippen molar-refractivity contribution in [2.24, 2.45) is 0 Å². The van der Waals surface area contributed by atoms with E-state index in [-0.39, 0.29) is 0 Å². The van der Waals surface area contributed by atoms with Gasteiger partial charge in [-0.15, -0.1) is 0 Å². The van der Waals surface area contributed by atoms with Crippen LogP contribution in [0, 0.1) is 6.92 Å². The largest absolute Gasteiger partial charge is 0.456 e. The maximum Gasteiger partial charge on any atom is 0.144 e. The summed E-state index contributed by atoms with van der Waals surface area (Å²) in [6.07, 6.45) is 0. The van der Waals surface area contributed by atoms with E-state index in [1.807, 2.05) is 30.3 Å². The lowest BCUT2D eigenvalue weighted by molar-refractivity contribution is 0.664. The van der Waals surface area contributed by atoms with E-state index in [0.717, 1.165) is 55.0 Å². The first-order chi connectivity index (χ1) is 13.3. The molecule has 2 heteroatoms. The normalized spacial score (nSPS) is 11.9. The number of fused-ring (bicyclic) bond motifs is 6. The molecule has 0 fully saturated rings. The molecular weight excluding hydrogens is 332 g/mol. The standard InChI is InChI=1S/C25H16O2/c1-15-7-6-8-16(13-15)23-24-18-10-3-5-12-21(18)26-22(24)14-19-17-9-2-4-11-20(17)27-25(19)23/h2-14H,1H3. The highest BCUT2D eigenvalue weighted by atomic mass is 16.3. The van der Waals surface area contributed by atoms with E-state index in [2.05, 4.69) is 55.5 Å². The Balaban J connectivity index is 1.92. The molecule has 0 unspecified atom stereocenters. The van der Waals surface area contributed by atoms with Crippen molar-refractivity contribution in [1.82, 2.24) is 0 Å². The fourth-order valence-electron chi connectivity index (χ4n) is 4.14. The van der Waals surface area contributed by atoms with Crippen LogP contribution >= 0.6 is 0 Å². The van der Waals surface area contributed by atoms with Crippen LogP contribution in [0.15, 0.2) is 87.7 Å². The zero-order chi connectivity index (χ0) is 18.0. The molecule has 0 spiro atoms. The predicted octanol–water partition coefficient (Wildman–Crippen LogP) is 7.46. The number of hydrogen-bond donors (Lipinski definition) is 0. The number of hydrogen-bond acceptors (Lipinski definition) is 2. The van der Waals surface area contributed by atoms with Gasteiger partial charge in [0.1, 0.15) is 22.3 Å². The van der Waals surface area contributed by atoms with Crippen LogP contribution in [0.5, 0.6) is 0 Å². The summed E-state index contributed by atoms with van der Waals surface area (Å²) >= 11 is 0. The molecule has 0 saturated carbocycles. The van der Waals surface area contributed by atoms with Crippen molar-refractivity contribution in [3.8, 4) is 11.1 Å². The second-order valence-corrected chi connectivity index (χ2v) is 7.07. The van der Waals surface area contributed by atoms with Gasteiger partial charge in [0.15, 0.2) is 0 Å². The lowest BCUT2D eigenvalue weighted by atomic mass is 9.95. The summed E-state index contributed by atoms with van der Waals surface area (Å²) in [5.74, 6) is 0. The van der Waals surface area contributed by atoms with Crippen molar-refractivity contribution >= 4 is 43.9 Å². The molecule has 0 bridgehead atoms. The minimum Gasteiger partial charge on any atom is -0.456 e. The average molecular weight is 348 g/mol. The molecule has 128 valence electrons. The van der Waals surface area contributed by atoms with Crippen LogP contribution in [-0.4, -0.2) is 0 Å². The fourth-order valence-corrected chi connectivity index (χ4v) is 4.14. The van der Waals surface area contributed by atoms with Gasteiger partial charge in [0.2, 0.25) is 0 Å². The quantitative estimate of drug-likeness (QED) is 0.308. The van der Waals surface area contributed by atoms with Crippen molar-refractivity contribution in [3.05, 3.63) is 84.4 Å². The Kier molecular flexibility index (Phi) is 2.84. The summed E-state index contributed by atoms with van der Waals surface area (Å²) < 4.78 is 12.6. The minimum absolute atomic E-state index is 0.895. The molecule has 27 heavy (non-hydrogen) atoms. The van der Waals surface area contributed by atoms with Gasteiger partial charge in [0.25, 0.3) is 0 Å². The molecule has 2 nitrogen and oxygen atoms in total. The summed E-state index contributed by atoms with van der Waals surface area (Å²) in [4.78, 5) is 0. The van der Waals surface area contributed by atoms with Crippen molar-refractivity contribution in [2.75, 3.05) is 0 Å². The predicted molar refractivity (Wildman–Crippen MR) is 111 cm³/mol. The van der Waals surface area contributed by atoms with Gasteiger partial charge >= 0.3 is 0 Å². The first kappa shape index (κ1) is 14.6. The molecule has 0 aliphatic carbocycles. The Morgan fingerprint density at radius 3 is 2.15 bits per heavy atom.